The van der Waals surface area contributed by atoms with Gasteiger partial charge in [0.25, 0.3) is 0 Å². The molecule has 0 radical (unpaired) electrons. The molecule has 0 bridgehead atoms. The van der Waals surface area contributed by atoms with Gasteiger partial charge in [-0.15, -0.1) is 0 Å². The zero-order valence-electron chi connectivity index (χ0n) is 16.4. The number of benzene rings is 2. The number of anilines is 3. The molecule has 4 rings (SSSR count). The maximum Gasteiger partial charge on any atom is 0.416 e. The Balaban J connectivity index is 1.52. The number of alkyl halides is 3. The summed E-state index contributed by atoms with van der Waals surface area (Å²) in [5.74, 6) is -0.536. The quantitative estimate of drug-likeness (QED) is 0.384. The van der Waals surface area contributed by atoms with E-state index in [1.807, 2.05) is 6.07 Å². The summed E-state index contributed by atoms with van der Waals surface area (Å²) in [4.78, 5) is 23.6. The van der Waals surface area contributed by atoms with Gasteiger partial charge in [0.1, 0.15) is 18.0 Å². The summed E-state index contributed by atoms with van der Waals surface area (Å²) in [5, 5.41) is 15.9. The Morgan fingerprint density at radius 2 is 1.81 bits per heavy atom. The summed E-state index contributed by atoms with van der Waals surface area (Å²) in [6.45, 7) is 0.342. The van der Waals surface area contributed by atoms with E-state index in [9.17, 15) is 23.1 Å². The Morgan fingerprint density at radius 1 is 1.00 bits per heavy atom. The van der Waals surface area contributed by atoms with E-state index >= 15 is 0 Å². The molecule has 2 aromatic carbocycles. The van der Waals surface area contributed by atoms with Crippen LogP contribution in [0.25, 0.3) is 10.9 Å². The predicted octanol–water partition coefficient (Wildman–Crippen LogP) is 5.10. The van der Waals surface area contributed by atoms with Crippen molar-refractivity contribution >= 4 is 34.2 Å². The smallest absolute Gasteiger partial charge is 0.416 e. The number of rotatable bonds is 6. The van der Waals surface area contributed by atoms with Crippen LogP contribution >= 0.6 is 0 Å². The summed E-state index contributed by atoms with van der Waals surface area (Å²) < 4.78 is 38.7. The third-order valence-corrected chi connectivity index (χ3v) is 4.64. The lowest BCUT2D eigenvalue weighted by atomic mass is 10.1. The fourth-order valence-electron chi connectivity index (χ4n) is 3.17. The molecule has 7 nitrogen and oxygen atoms in total. The summed E-state index contributed by atoms with van der Waals surface area (Å²) in [7, 11) is 0. The number of nitrogens with zero attached hydrogens (tertiary/aromatic N) is 3. The van der Waals surface area contributed by atoms with Crippen LogP contribution in [0.5, 0.6) is 0 Å². The highest BCUT2D eigenvalue weighted by atomic mass is 19.4. The van der Waals surface area contributed by atoms with Gasteiger partial charge in [0.05, 0.1) is 16.6 Å². The topological polar surface area (TPSA) is 100 Å². The first-order valence-electron chi connectivity index (χ1n) is 9.41. The number of aromatic carboxylic acids is 1. The molecule has 0 unspecified atom stereocenters. The molecule has 0 amide bonds. The molecule has 162 valence electrons. The van der Waals surface area contributed by atoms with E-state index in [0.717, 1.165) is 23.9 Å². The Hall–Kier alpha value is -4.21. The van der Waals surface area contributed by atoms with Gasteiger partial charge in [-0.05, 0) is 42.0 Å². The minimum absolute atomic E-state index is 0.0766. The highest BCUT2D eigenvalue weighted by Crippen LogP contribution is 2.30. The van der Waals surface area contributed by atoms with Crippen LogP contribution in [-0.2, 0) is 12.7 Å². The van der Waals surface area contributed by atoms with E-state index in [1.54, 1.807) is 30.3 Å². The first-order valence-corrected chi connectivity index (χ1v) is 9.41. The fraction of sp³-hybridized carbons (Fsp3) is 0.0909. The van der Waals surface area contributed by atoms with E-state index < -0.39 is 17.7 Å². The van der Waals surface area contributed by atoms with E-state index in [1.165, 1.54) is 12.4 Å². The summed E-state index contributed by atoms with van der Waals surface area (Å²) in [6.07, 6.45) is -2.07. The van der Waals surface area contributed by atoms with Crippen molar-refractivity contribution in [3.63, 3.8) is 0 Å². The van der Waals surface area contributed by atoms with Crippen LogP contribution in [0.2, 0.25) is 0 Å². The number of carbonyl (C=O) groups is 1. The van der Waals surface area contributed by atoms with Gasteiger partial charge in [-0.2, -0.15) is 13.2 Å². The molecular weight excluding hydrogens is 423 g/mol. The number of carboxylic acid groups (broad SMARTS) is 1. The van der Waals surface area contributed by atoms with Crippen molar-refractivity contribution < 1.29 is 23.1 Å². The minimum Gasteiger partial charge on any atom is -0.478 e. The second-order valence-electron chi connectivity index (χ2n) is 6.84. The molecule has 0 aliphatic carbocycles. The number of nitrogens with one attached hydrogen (secondary N) is 2. The molecule has 3 N–H and O–H groups in total. The molecule has 0 aliphatic heterocycles. The van der Waals surface area contributed by atoms with Gasteiger partial charge < -0.3 is 15.7 Å². The molecule has 10 heteroatoms. The maximum absolute atomic E-state index is 12.9. The SMILES string of the molecule is O=C(O)c1cccc2c(NCc3cccc(Nc4cc(C(F)(F)F)ccn4)c3)ncnc12. The van der Waals surface area contributed by atoms with Gasteiger partial charge in [0, 0.05) is 23.8 Å². The Bertz CT molecular complexity index is 1290. The lowest BCUT2D eigenvalue weighted by molar-refractivity contribution is -0.137. The van der Waals surface area contributed by atoms with Crippen LogP contribution in [0.4, 0.5) is 30.5 Å². The minimum atomic E-state index is -4.45. The van der Waals surface area contributed by atoms with Crippen molar-refractivity contribution in [1.82, 2.24) is 15.0 Å². The molecule has 2 aromatic heterocycles. The fourth-order valence-corrected chi connectivity index (χ4v) is 3.17. The van der Waals surface area contributed by atoms with Crippen molar-refractivity contribution in [2.24, 2.45) is 0 Å². The molecular formula is C22H16F3N5O2. The summed E-state index contributed by atoms with van der Waals surface area (Å²) >= 11 is 0. The van der Waals surface area contributed by atoms with Gasteiger partial charge in [-0.3, -0.25) is 0 Å². The van der Waals surface area contributed by atoms with Gasteiger partial charge in [0.15, 0.2) is 0 Å². The number of fused-ring (bicyclic) bond motifs is 1. The normalized spacial score (nSPS) is 11.3. The second-order valence-corrected chi connectivity index (χ2v) is 6.84. The number of halogens is 3. The number of hydrogen-bond acceptors (Lipinski definition) is 6. The van der Waals surface area contributed by atoms with Gasteiger partial charge in [-0.25, -0.2) is 19.7 Å². The van der Waals surface area contributed by atoms with Crippen molar-refractivity contribution in [3.05, 3.63) is 83.8 Å². The lowest BCUT2D eigenvalue weighted by Gasteiger charge is -2.12. The Labute approximate surface area is 180 Å². The van der Waals surface area contributed by atoms with Crippen LogP contribution in [0.3, 0.4) is 0 Å². The van der Waals surface area contributed by atoms with Crippen molar-refractivity contribution in [1.29, 1.82) is 0 Å². The monoisotopic (exact) mass is 439 g/mol. The molecule has 0 spiro atoms. The average molecular weight is 439 g/mol. The largest absolute Gasteiger partial charge is 0.478 e. The number of hydrogen-bond donors (Lipinski definition) is 3. The van der Waals surface area contributed by atoms with E-state index in [2.05, 4.69) is 25.6 Å². The van der Waals surface area contributed by atoms with Gasteiger partial charge in [0.2, 0.25) is 0 Å². The zero-order valence-corrected chi connectivity index (χ0v) is 16.4. The van der Waals surface area contributed by atoms with Crippen molar-refractivity contribution in [2.75, 3.05) is 10.6 Å². The molecule has 0 fully saturated rings. The van der Waals surface area contributed by atoms with E-state index in [0.29, 0.717) is 29.0 Å². The maximum atomic E-state index is 12.9. The highest BCUT2D eigenvalue weighted by Gasteiger charge is 2.30. The Morgan fingerprint density at radius 3 is 2.59 bits per heavy atom. The van der Waals surface area contributed by atoms with Crippen molar-refractivity contribution in [3.8, 4) is 0 Å². The van der Waals surface area contributed by atoms with Crippen LogP contribution in [0, 0.1) is 0 Å². The predicted molar refractivity (Wildman–Crippen MR) is 113 cm³/mol. The standard InChI is InChI=1S/C22H16F3N5O2/c23-22(24,25)14-7-8-26-18(10-14)30-15-4-1-3-13(9-15)11-27-20-16-5-2-6-17(21(31)32)19(16)28-12-29-20/h1-10,12H,11H2,(H,26,30)(H,31,32)(H,27,28,29). The van der Waals surface area contributed by atoms with Crippen LogP contribution < -0.4 is 10.6 Å². The molecule has 2 heterocycles. The number of aromatic nitrogens is 3. The molecule has 4 aromatic rings. The summed E-state index contributed by atoms with van der Waals surface area (Å²) in [6, 6.07) is 13.7. The number of carboxylic acids is 1. The zero-order chi connectivity index (χ0) is 22.7. The highest BCUT2D eigenvalue weighted by molar-refractivity contribution is 6.04. The number of para-hydroxylation sites is 1. The Kier molecular flexibility index (Phi) is 5.59. The first-order chi connectivity index (χ1) is 15.3. The molecule has 0 saturated carbocycles. The summed E-state index contributed by atoms with van der Waals surface area (Å²) in [5.41, 5.74) is 1.00. The van der Waals surface area contributed by atoms with Crippen LogP contribution in [0.15, 0.2) is 67.1 Å². The third-order valence-electron chi connectivity index (χ3n) is 4.64. The second kappa shape index (κ2) is 8.50. The lowest BCUT2D eigenvalue weighted by Crippen LogP contribution is -2.06. The van der Waals surface area contributed by atoms with Crippen LogP contribution in [0.1, 0.15) is 21.5 Å². The molecule has 0 saturated heterocycles. The number of pyridine rings is 1. The third kappa shape index (κ3) is 4.59. The van der Waals surface area contributed by atoms with Gasteiger partial charge in [-0.1, -0.05) is 18.2 Å². The van der Waals surface area contributed by atoms with E-state index in [-0.39, 0.29) is 11.4 Å². The van der Waals surface area contributed by atoms with Crippen molar-refractivity contribution in [2.45, 2.75) is 12.7 Å². The van der Waals surface area contributed by atoms with Gasteiger partial charge >= 0.3 is 12.1 Å². The molecule has 0 atom stereocenters. The molecule has 0 aliphatic rings. The first kappa shape index (κ1) is 21.0. The van der Waals surface area contributed by atoms with Crippen LogP contribution in [-0.4, -0.2) is 26.0 Å². The van der Waals surface area contributed by atoms with E-state index in [4.69, 9.17) is 0 Å². The average Bonchev–Trinajstić information content (AvgIpc) is 2.77. The molecule has 32 heavy (non-hydrogen) atoms.